The third-order valence-electron chi connectivity index (χ3n) is 5.66. The number of halogens is 1. The monoisotopic (exact) mass is 353 g/mol. The zero-order chi connectivity index (χ0) is 17.3. The Balaban J connectivity index is 1.76. The minimum Gasteiger partial charge on any atom is -0.490 e. The Hall–Kier alpha value is -1.53. The van der Waals surface area contributed by atoms with E-state index in [4.69, 9.17) is 16.3 Å². The maximum Gasteiger partial charge on any atom is 0.312 e. The van der Waals surface area contributed by atoms with Crippen molar-refractivity contribution in [3.63, 3.8) is 0 Å². The zero-order valence-electron chi connectivity index (χ0n) is 14.3. The first-order valence-corrected chi connectivity index (χ1v) is 8.77. The normalized spacial score (nSPS) is 21.0. The van der Waals surface area contributed by atoms with E-state index in [0.717, 1.165) is 31.6 Å². The Morgan fingerprint density at radius 3 is 2.29 bits per heavy atom. The van der Waals surface area contributed by atoms with Gasteiger partial charge in [0, 0.05) is 25.2 Å². The van der Waals surface area contributed by atoms with E-state index in [9.17, 15) is 10.1 Å². The van der Waals surface area contributed by atoms with Crippen LogP contribution in [0.25, 0.3) is 0 Å². The van der Waals surface area contributed by atoms with Gasteiger partial charge in [-0.25, -0.2) is 0 Å². The Bertz CT molecular complexity index is 620. The Kier molecular flexibility index (Phi) is 4.88. The summed E-state index contributed by atoms with van der Waals surface area (Å²) in [7, 11) is 3.63. The first-order chi connectivity index (χ1) is 11.4. The van der Waals surface area contributed by atoms with Crippen molar-refractivity contribution < 1.29 is 9.66 Å². The van der Waals surface area contributed by atoms with Crippen LogP contribution in [0, 0.1) is 15.5 Å². The highest BCUT2D eigenvalue weighted by Crippen LogP contribution is 2.44. The highest BCUT2D eigenvalue weighted by molar-refractivity contribution is 6.33. The molecule has 2 fully saturated rings. The number of ether oxygens (including phenoxy) is 1. The van der Waals surface area contributed by atoms with Crippen LogP contribution < -0.4 is 9.64 Å². The Labute approximate surface area is 147 Å². The van der Waals surface area contributed by atoms with Crippen molar-refractivity contribution in [1.82, 2.24) is 4.90 Å². The fourth-order valence-corrected chi connectivity index (χ4v) is 4.17. The molecule has 0 saturated carbocycles. The van der Waals surface area contributed by atoms with Crippen LogP contribution in [0.4, 0.5) is 11.4 Å². The lowest BCUT2D eigenvalue weighted by Gasteiger charge is -2.47. The molecule has 6 nitrogen and oxygen atoms in total. The van der Waals surface area contributed by atoms with Gasteiger partial charge in [0.2, 0.25) is 0 Å². The van der Waals surface area contributed by atoms with Gasteiger partial charge in [0.1, 0.15) is 0 Å². The van der Waals surface area contributed by atoms with Gasteiger partial charge in [0.25, 0.3) is 0 Å². The first kappa shape index (κ1) is 17.3. The molecule has 1 aromatic carbocycles. The predicted octanol–water partition coefficient (Wildman–Crippen LogP) is 3.57. The molecule has 2 aliphatic rings. The predicted molar refractivity (Wildman–Crippen MR) is 95.3 cm³/mol. The molecule has 0 unspecified atom stereocenters. The van der Waals surface area contributed by atoms with Crippen molar-refractivity contribution >= 4 is 23.0 Å². The number of anilines is 1. The molecule has 2 aliphatic heterocycles. The average Bonchev–Trinajstić information content (AvgIpc) is 2.58. The molecule has 0 atom stereocenters. The van der Waals surface area contributed by atoms with Crippen LogP contribution in [0.1, 0.15) is 25.7 Å². The fraction of sp³-hybridized carbons (Fsp3) is 0.647. The van der Waals surface area contributed by atoms with E-state index in [1.807, 2.05) is 0 Å². The van der Waals surface area contributed by atoms with Crippen molar-refractivity contribution in [1.29, 1.82) is 0 Å². The standard InChI is InChI=1S/C17H24ClN3O3/c1-19-7-3-17(4-8-19)5-9-20(10-6-17)14-12-16(24-2)15(21(22)23)11-13(14)18/h11-12H,3-10H2,1-2H3. The molecular formula is C17H24ClN3O3. The van der Waals surface area contributed by atoms with Crippen molar-refractivity contribution in [2.45, 2.75) is 25.7 Å². The van der Waals surface area contributed by atoms with Crippen LogP contribution in [0.15, 0.2) is 12.1 Å². The molecule has 2 heterocycles. The van der Waals surface area contributed by atoms with Crippen LogP contribution in [0.5, 0.6) is 5.75 Å². The molecule has 1 spiro atoms. The van der Waals surface area contributed by atoms with Crippen LogP contribution in [-0.2, 0) is 0 Å². The van der Waals surface area contributed by atoms with E-state index < -0.39 is 4.92 Å². The molecule has 0 N–H and O–H groups in total. The van der Waals surface area contributed by atoms with E-state index in [1.165, 1.54) is 39.1 Å². The highest BCUT2D eigenvalue weighted by Gasteiger charge is 2.37. The molecule has 0 aromatic heterocycles. The molecule has 0 bridgehead atoms. The van der Waals surface area contributed by atoms with Gasteiger partial charge in [-0.1, -0.05) is 11.6 Å². The number of likely N-dealkylation sites (tertiary alicyclic amines) is 1. The van der Waals surface area contributed by atoms with Crippen molar-refractivity contribution in [3.8, 4) is 5.75 Å². The lowest BCUT2D eigenvalue weighted by Crippen LogP contribution is -2.46. The second-order valence-corrected chi connectivity index (χ2v) is 7.43. The maximum absolute atomic E-state index is 11.1. The fourth-order valence-electron chi connectivity index (χ4n) is 3.90. The number of hydrogen-bond acceptors (Lipinski definition) is 5. The molecule has 3 rings (SSSR count). The van der Waals surface area contributed by atoms with E-state index in [-0.39, 0.29) is 11.4 Å². The van der Waals surface area contributed by atoms with Crippen molar-refractivity contribution in [3.05, 3.63) is 27.3 Å². The molecule has 132 valence electrons. The lowest BCUT2D eigenvalue weighted by molar-refractivity contribution is -0.385. The molecule has 24 heavy (non-hydrogen) atoms. The second kappa shape index (κ2) is 6.76. The maximum atomic E-state index is 11.1. The van der Waals surface area contributed by atoms with E-state index >= 15 is 0 Å². The summed E-state index contributed by atoms with van der Waals surface area (Å²) in [6, 6.07) is 3.10. The highest BCUT2D eigenvalue weighted by atomic mass is 35.5. The smallest absolute Gasteiger partial charge is 0.312 e. The van der Waals surface area contributed by atoms with Crippen LogP contribution in [0.3, 0.4) is 0 Å². The summed E-state index contributed by atoms with van der Waals surface area (Å²) in [5, 5.41) is 11.5. The van der Waals surface area contributed by atoms with Crippen LogP contribution in [-0.4, -0.2) is 50.2 Å². The Morgan fingerprint density at radius 1 is 1.17 bits per heavy atom. The number of methoxy groups -OCH3 is 1. The number of rotatable bonds is 3. The molecule has 0 radical (unpaired) electrons. The minimum absolute atomic E-state index is 0.0879. The molecule has 2 saturated heterocycles. The molecule has 0 aliphatic carbocycles. The quantitative estimate of drug-likeness (QED) is 0.614. The third kappa shape index (κ3) is 3.30. The summed E-state index contributed by atoms with van der Waals surface area (Å²) in [6.45, 7) is 4.22. The van der Waals surface area contributed by atoms with Gasteiger partial charge in [-0.2, -0.15) is 0 Å². The molecule has 7 heteroatoms. The van der Waals surface area contributed by atoms with Crippen molar-refractivity contribution in [2.75, 3.05) is 45.2 Å². The summed E-state index contributed by atoms with van der Waals surface area (Å²) >= 11 is 6.32. The van der Waals surface area contributed by atoms with Crippen LogP contribution >= 0.6 is 11.6 Å². The van der Waals surface area contributed by atoms with Gasteiger partial charge < -0.3 is 14.5 Å². The summed E-state index contributed by atoms with van der Waals surface area (Å²) < 4.78 is 5.18. The van der Waals surface area contributed by atoms with Gasteiger partial charge in [0.15, 0.2) is 5.75 Å². The summed E-state index contributed by atoms with van der Waals surface area (Å²) in [6.07, 6.45) is 4.82. The third-order valence-corrected chi connectivity index (χ3v) is 5.96. The first-order valence-electron chi connectivity index (χ1n) is 8.39. The number of hydrogen-bond donors (Lipinski definition) is 0. The summed E-state index contributed by atoms with van der Waals surface area (Å²) in [5.41, 5.74) is 1.21. The SMILES string of the molecule is COc1cc(N2CCC3(CCN(C)CC3)CC2)c(Cl)cc1[N+](=O)[O-]. The van der Waals surface area contributed by atoms with E-state index in [0.29, 0.717) is 10.4 Å². The molecule has 0 amide bonds. The number of piperidine rings is 2. The van der Waals surface area contributed by atoms with Crippen molar-refractivity contribution in [2.24, 2.45) is 5.41 Å². The zero-order valence-corrected chi connectivity index (χ0v) is 15.0. The number of nitrogens with zero attached hydrogens (tertiary/aromatic N) is 3. The second-order valence-electron chi connectivity index (χ2n) is 7.02. The number of nitro benzene ring substituents is 1. The number of benzene rings is 1. The van der Waals surface area contributed by atoms with Crippen LogP contribution in [0.2, 0.25) is 5.02 Å². The molecular weight excluding hydrogens is 330 g/mol. The average molecular weight is 354 g/mol. The van der Waals surface area contributed by atoms with Gasteiger partial charge in [0.05, 0.1) is 22.7 Å². The van der Waals surface area contributed by atoms with E-state index in [1.54, 1.807) is 6.07 Å². The number of nitro groups is 1. The summed E-state index contributed by atoms with van der Waals surface area (Å²) in [5.74, 6) is 0.263. The topological polar surface area (TPSA) is 58.8 Å². The summed E-state index contributed by atoms with van der Waals surface area (Å²) in [4.78, 5) is 15.3. The van der Waals surface area contributed by atoms with Gasteiger partial charge in [-0.15, -0.1) is 0 Å². The molecule has 1 aromatic rings. The van der Waals surface area contributed by atoms with Gasteiger partial charge in [-0.3, -0.25) is 10.1 Å². The van der Waals surface area contributed by atoms with Gasteiger partial charge >= 0.3 is 5.69 Å². The largest absolute Gasteiger partial charge is 0.490 e. The Morgan fingerprint density at radius 2 is 1.75 bits per heavy atom. The minimum atomic E-state index is -0.460. The lowest BCUT2D eigenvalue weighted by atomic mass is 9.71. The van der Waals surface area contributed by atoms with Gasteiger partial charge in [-0.05, 0) is 51.2 Å². The van der Waals surface area contributed by atoms with E-state index in [2.05, 4.69) is 16.8 Å².